The normalized spacial score (nSPS) is 22.2. The van der Waals surface area contributed by atoms with Crippen LogP contribution in [-0.4, -0.2) is 11.2 Å². The van der Waals surface area contributed by atoms with Crippen molar-refractivity contribution < 1.29 is 8.98 Å². The van der Waals surface area contributed by atoms with Crippen LogP contribution in [0.2, 0.25) is 0 Å². The number of aldehydes is 1. The Morgan fingerprint density at radius 3 is 2.81 bits per heavy atom. The molecule has 0 N–H and O–H groups in total. The van der Waals surface area contributed by atoms with E-state index >= 15 is 0 Å². The van der Waals surface area contributed by atoms with Gasteiger partial charge in [-0.3, -0.25) is 4.79 Å². The van der Waals surface area contributed by atoms with Crippen molar-refractivity contribution in [3.63, 3.8) is 0 Å². The maximum Gasteiger partial charge on any atom is 0.154 e. The zero-order chi connectivity index (χ0) is 11.0. The Labute approximate surface area is 99.5 Å². The van der Waals surface area contributed by atoms with Crippen LogP contribution in [0.15, 0.2) is 48.2 Å². The molecule has 16 heavy (non-hydrogen) atoms. The lowest BCUT2D eigenvalue weighted by atomic mass is 10.1. The van der Waals surface area contributed by atoms with Gasteiger partial charge in [-0.15, -0.1) is 0 Å². The van der Waals surface area contributed by atoms with Gasteiger partial charge in [0.25, 0.3) is 0 Å². The first-order chi connectivity index (χ1) is 7.88. The minimum Gasteiger partial charge on any atom is -0.430 e. The lowest BCUT2D eigenvalue weighted by molar-refractivity contribution is -0.104. The van der Waals surface area contributed by atoms with Crippen molar-refractivity contribution in [2.75, 3.05) is 0 Å². The highest BCUT2D eigenvalue weighted by atomic mass is 33.1. The minimum atomic E-state index is -0.312. The molecule has 2 nitrogen and oxygen atoms in total. The van der Waals surface area contributed by atoms with Crippen molar-refractivity contribution in [1.29, 1.82) is 0 Å². The van der Waals surface area contributed by atoms with Gasteiger partial charge in [-0.25, -0.2) is 0 Å². The number of hydrogen-bond donors (Lipinski definition) is 0. The third kappa shape index (κ3) is 1.54. The first-order valence-electron chi connectivity index (χ1n) is 4.78. The zero-order valence-electron chi connectivity index (χ0n) is 8.25. The van der Waals surface area contributed by atoms with Gasteiger partial charge in [-0.1, -0.05) is 30.3 Å². The van der Waals surface area contributed by atoms with Gasteiger partial charge in [0.15, 0.2) is 6.29 Å². The summed E-state index contributed by atoms with van der Waals surface area (Å²) in [5.74, 6) is 0. The fraction of sp³-hybridized carbons (Fsp3) is 0. The summed E-state index contributed by atoms with van der Waals surface area (Å²) in [4.78, 5) is 13.0. The van der Waals surface area contributed by atoms with E-state index in [-0.39, 0.29) is 9.80 Å². The fourth-order valence-electron chi connectivity index (χ4n) is 1.54. The minimum absolute atomic E-state index is 0.312. The molecule has 0 bridgehead atoms. The van der Waals surface area contributed by atoms with E-state index in [0.29, 0.717) is 5.57 Å². The first-order valence-corrected chi connectivity index (χ1v) is 7.26. The van der Waals surface area contributed by atoms with E-state index in [2.05, 4.69) is 18.2 Å². The molecule has 1 aromatic carbocycles. The van der Waals surface area contributed by atoms with Gasteiger partial charge in [-0.05, 0) is 22.4 Å². The van der Waals surface area contributed by atoms with E-state index in [9.17, 15) is 4.79 Å². The number of rotatable bonds is 2. The average Bonchev–Trinajstić information content (AvgIpc) is 2.89. The average molecular weight is 248 g/mol. The molecule has 80 valence electrons. The predicted molar refractivity (Wildman–Crippen MR) is 69.8 cm³/mol. The van der Waals surface area contributed by atoms with Crippen LogP contribution >= 0.6 is 20.6 Å². The Hall–Kier alpha value is -1.26. The van der Waals surface area contributed by atoms with Crippen LogP contribution in [0.1, 0.15) is 5.56 Å². The maximum atomic E-state index is 10.8. The summed E-state index contributed by atoms with van der Waals surface area (Å²) in [6.45, 7) is 0. The second-order valence-electron chi connectivity index (χ2n) is 3.34. The van der Waals surface area contributed by atoms with Crippen molar-refractivity contribution in [3.05, 3.63) is 53.8 Å². The van der Waals surface area contributed by atoms with Crippen LogP contribution in [0.5, 0.6) is 0 Å². The van der Waals surface area contributed by atoms with Crippen LogP contribution in [0.25, 0.3) is 4.91 Å². The summed E-state index contributed by atoms with van der Waals surface area (Å²) in [5.41, 5.74) is 1.84. The molecule has 2 aliphatic heterocycles. The lowest BCUT2D eigenvalue weighted by Gasteiger charge is -2.02. The van der Waals surface area contributed by atoms with E-state index in [4.69, 9.17) is 4.18 Å². The quantitative estimate of drug-likeness (QED) is 0.457. The highest BCUT2D eigenvalue weighted by molar-refractivity contribution is 8.86. The number of carbonyl (C=O) groups is 1. The van der Waals surface area contributed by atoms with E-state index in [1.165, 1.54) is 10.5 Å². The van der Waals surface area contributed by atoms with Crippen molar-refractivity contribution >= 4 is 36.6 Å². The molecular formula is C12H8O2S2. The third-order valence-electron chi connectivity index (χ3n) is 2.34. The molecule has 0 spiro atoms. The Kier molecular flexibility index (Phi) is 2.46. The van der Waals surface area contributed by atoms with Gasteiger partial charge in [0.1, 0.15) is 6.26 Å². The molecule has 0 saturated carbocycles. The van der Waals surface area contributed by atoms with Crippen LogP contribution in [0.3, 0.4) is 0 Å². The fourth-order valence-corrected chi connectivity index (χ4v) is 4.96. The highest BCUT2D eigenvalue weighted by Gasteiger charge is 2.25. The molecule has 2 aliphatic rings. The Morgan fingerprint density at radius 2 is 2.06 bits per heavy atom. The molecule has 0 aliphatic carbocycles. The van der Waals surface area contributed by atoms with Crippen LogP contribution in [0.4, 0.5) is 0 Å². The molecule has 0 aromatic heterocycles. The van der Waals surface area contributed by atoms with Gasteiger partial charge in [0.2, 0.25) is 0 Å². The van der Waals surface area contributed by atoms with E-state index in [0.717, 1.165) is 11.2 Å². The summed E-state index contributed by atoms with van der Waals surface area (Å²) in [6.07, 6.45) is 4.46. The molecule has 1 unspecified atom stereocenters. The van der Waals surface area contributed by atoms with Gasteiger partial charge >= 0.3 is 0 Å². The standard InChI is InChI=1S/C12H8O2S2/c13-7-10-8-14-16-12(10)6-11(15-16)9-4-2-1-3-5-9/h1-8H. The van der Waals surface area contributed by atoms with Crippen molar-refractivity contribution in [1.82, 2.24) is 0 Å². The Morgan fingerprint density at radius 1 is 1.25 bits per heavy atom. The van der Waals surface area contributed by atoms with Crippen molar-refractivity contribution in [2.24, 2.45) is 0 Å². The molecule has 3 rings (SSSR count). The molecular weight excluding hydrogens is 240 g/mol. The molecule has 0 saturated heterocycles. The summed E-state index contributed by atoms with van der Waals surface area (Å²) < 4.78 is 5.44. The second kappa shape index (κ2) is 3.96. The van der Waals surface area contributed by atoms with Gasteiger partial charge in [0, 0.05) is 4.91 Å². The monoisotopic (exact) mass is 248 g/mol. The summed E-state index contributed by atoms with van der Waals surface area (Å²) in [5, 5.41) is 0. The molecule has 0 amide bonds. The number of allylic oxidation sites excluding steroid dienone is 2. The smallest absolute Gasteiger partial charge is 0.154 e. The molecule has 1 atom stereocenters. The second-order valence-corrected chi connectivity index (χ2v) is 6.46. The van der Waals surface area contributed by atoms with Crippen molar-refractivity contribution in [3.8, 4) is 0 Å². The predicted octanol–water partition coefficient (Wildman–Crippen LogP) is 3.16. The number of carbonyl (C=O) groups excluding carboxylic acids is 1. The van der Waals surface area contributed by atoms with Gasteiger partial charge in [-0.2, -0.15) is 0 Å². The topological polar surface area (TPSA) is 26.3 Å². The Balaban J connectivity index is 1.95. The van der Waals surface area contributed by atoms with E-state index in [1.54, 1.807) is 17.1 Å². The van der Waals surface area contributed by atoms with Gasteiger partial charge in [0.05, 0.1) is 20.2 Å². The summed E-state index contributed by atoms with van der Waals surface area (Å²) in [7, 11) is 1.36. The zero-order valence-corrected chi connectivity index (χ0v) is 9.88. The molecule has 1 aromatic rings. The third-order valence-corrected chi connectivity index (χ3v) is 5.77. The summed E-state index contributed by atoms with van der Waals surface area (Å²) in [6, 6.07) is 10.1. The maximum absolute atomic E-state index is 10.8. The van der Waals surface area contributed by atoms with E-state index < -0.39 is 0 Å². The van der Waals surface area contributed by atoms with Gasteiger partial charge < -0.3 is 4.18 Å². The molecule has 0 fully saturated rings. The largest absolute Gasteiger partial charge is 0.430 e. The highest BCUT2D eigenvalue weighted by Crippen LogP contribution is 2.52. The molecule has 4 heteroatoms. The number of benzene rings is 1. The molecule has 2 heterocycles. The number of hydrogen-bond acceptors (Lipinski definition) is 3. The SMILES string of the molecule is O=CC1=COS2=C1C=C(c1ccccc1)S2. The van der Waals surface area contributed by atoms with Crippen LogP contribution in [-0.2, 0) is 8.98 Å². The van der Waals surface area contributed by atoms with Crippen molar-refractivity contribution in [2.45, 2.75) is 0 Å². The summed E-state index contributed by atoms with van der Waals surface area (Å²) >= 11 is 0. The first kappa shape index (κ1) is 9.93. The lowest BCUT2D eigenvalue weighted by Crippen LogP contribution is -1.94. The Bertz CT molecular complexity index is 541. The van der Waals surface area contributed by atoms with Crippen LogP contribution < -0.4 is 0 Å². The molecule has 0 radical (unpaired) electrons. The van der Waals surface area contributed by atoms with E-state index in [1.807, 2.05) is 18.2 Å². The van der Waals surface area contributed by atoms with Crippen LogP contribution in [0, 0.1) is 0 Å².